The summed E-state index contributed by atoms with van der Waals surface area (Å²) in [5, 5.41) is 5.64. The van der Waals surface area contributed by atoms with Gasteiger partial charge in [0.25, 0.3) is 0 Å². The summed E-state index contributed by atoms with van der Waals surface area (Å²) in [5.41, 5.74) is 6.93. The number of nitrogens with one attached hydrogen (secondary N) is 4. The minimum atomic E-state index is -0.901. The average Bonchev–Trinajstić information content (AvgIpc) is 4.01. The van der Waals surface area contributed by atoms with Crippen LogP contribution >= 0.6 is 0 Å². The molecule has 2 atom stereocenters. The predicted octanol–water partition coefficient (Wildman–Crippen LogP) is 5.92. The monoisotopic (exact) mass is 746 g/mol. The first-order valence-corrected chi connectivity index (χ1v) is 19.4. The number of hydrogen-bond acceptors (Lipinski definition) is 8. The van der Waals surface area contributed by atoms with Crippen LogP contribution in [0.15, 0.2) is 48.8 Å². The third-order valence-electron chi connectivity index (χ3n) is 12.6. The van der Waals surface area contributed by atoms with E-state index in [0.717, 1.165) is 79.1 Å². The number of amides is 4. The van der Waals surface area contributed by atoms with Gasteiger partial charge in [0.1, 0.15) is 22.7 Å². The third kappa shape index (κ3) is 5.93. The molecule has 9 rings (SSSR count). The van der Waals surface area contributed by atoms with Crippen LogP contribution in [0.1, 0.15) is 99.1 Å². The van der Waals surface area contributed by atoms with Gasteiger partial charge in [0.2, 0.25) is 11.8 Å². The van der Waals surface area contributed by atoms with Gasteiger partial charge >= 0.3 is 12.2 Å². The lowest BCUT2D eigenvalue weighted by molar-refractivity contribution is -0.143. The Morgan fingerprint density at radius 1 is 0.673 bits per heavy atom. The number of H-pyrrole nitrogens is 2. The summed E-state index contributed by atoms with van der Waals surface area (Å²) in [4.78, 5) is 72.0. The Labute approximate surface area is 318 Å². The highest BCUT2D eigenvalue weighted by atomic mass is 16.5. The number of hydrogen-bond donors (Lipinski definition) is 4. The van der Waals surface area contributed by atoms with Crippen molar-refractivity contribution >= 4 is 24.0 Å². The van der Waals surface area contributed by atoms with Crippen molar-refractivity contribution in [1.82, 2.24) is 40.4 Å². The van der Waals surface area contributed by atoms with Gasteiger partial charge in [-0.1, -0.05) is 24.3 Å². The molecule has 3 aliphatic carbocycles. The molecule has 2 aromatic carbocycles. The number of aromatic amines is 2. The smallest absolute Gasteiger partial charge is 0.407 e. The number of imidazole rings is 2. The summed E-state index contributed by atoms with van der Waals surface area (Å²) < 4.78 is 9.65. The maximum atomic E-state index is 13.8. The first-order valence-electron chi connectivity index (χ1n) is 19.4. The molecule has 2 saturated carbocycles. The predicted molar refractivity (Wildman–Crippen MR) is 201 cm³/mol. The van der Waals surface area contributed by atoms with Crippen molar-refractivity contribution in [3.05, 3.63) is 71.6 Å². The fourth-order valence-electron chi connectivity index (χ4n) is 9.33. The summed E-state index contributed by atoms with van der Waals surface area (Å²) in [6, 6.07) is 12.6. The summed E-state index contributed by atoms with van der Waals surface area (Å²) in [5.74, 6) is 1.39. The van der Waals surface area contributed by atoms with Crippen LogP contribution < -0.4 is 10.6 Å². The molecule has 0 spiro atoms. The second-order valence-electron chi connectivity index (χ2n) is 15.7. The molecule has 4 aromatic rings. The van der Waals surface area contributed by atoms with Crippen molar-refractivity contribution in [3.63, 3.8) is 0 Å². The molecule has 2 aromatic heterocycles. The van der Waals surface area contributed by atoms with E-state index in [-0.39, 0.29) is 23.9 Å². The molecule has 55 heavy (non-hydrogen) atoms. The zero-order chi connectivity index (χ0) is 37.9. The Kier molecular flexibility index (Phi) is 8.65. The molecular weight excluding hydrogens is 701 g/mol. The standard InChI is InChI=1S/C41H46N8O6/c1-54-38(52)46-40(13-5-14-40)36(50)48-17-3-7-32(48)34-42-22-30(44-34)24-9-11-28-26(19-24)21-27-20-25(10-12-29(27)28)31-23-43-35(45-31)33-8-4-18-49(33)37(51)41(15-6-16-41)47-39(53)55-2/h9-12,19-20,22-23,32-33H,3-8,13-18,21H2,1-2H3,(H,42,44)(H,43,45)(H,46,52)(H,47,53)/t32-,33-/m1/s1. The Morgan fingerprint density at radius 2 is 1.11 bits per heavy atom. The second kappa shape index (κ2) is 13.6. The van der Waals surface area contributed by atoms with E-state index in [4.69, 9.17) is 19.4 Å². The number of likely N-dealkylation sites (tertiary alicyclic amines) is 2. The highest BCUT2D eigenvalue weighted by molar-refractivity contribution is 5.92. The van der Waals surface area contributed by atoms with Gasteiger partial charge in [-0.15, -0.1) is 0 Å². The molecule has 14 heteroatoms. The number of fused-ring (bicyclic) bond motifs is 3. The molecule has 4 heterocycles. The molecule has 0 unspecified atom stereocenters. The normalized spacial score (nSPS) is 21.6. The van der Waals surface area contributed by atoms with Crippen LogP contribution in [0.25, 0.3) is 33.6 Å². The van der Waals surface area contributed by atoms with Crippen LogP contribution in [0.3, 0.4) is 0 Å². The lowest BCUT2D eigenvalue weighted by Crippen LogP contribution is -2.63. The molecule has 4 amide bonds. The summed E-state index contributed by atoms with van der Waals surface area (Å²) in [6.07, 6.45) is 10.9. The van der Waals surface area contributed by atoms with Crippen LogP contribution in [0.4, 0.5) is 9.59 Å². The van der Waals surface area contributed by atoms with E-state index in [0.29, 0.717) is 38.8 Å². The van der Waals surface area contributed by atoms with Gasteiger partial charge in [-0.2, -0.15) is 0 Å². The molecule has 14 nitrogen and oxygen atoms in total. The lowest BCUT2D eigenvalue weighted by atomic mass is 9.75. The number of methoxy groups -OCH3 is 2. The number of ether oxygens (including phenoxy) is 2. The highest BCUT2D eigenvalue weighted by Gasteiger charge is 2.51. The zero-order valence-corrected chi connectivity index (χ0v) is 31.2. The maximum Gasteiger partial charge on any atom is 0.407 e. The van der Waals surface area contributed by atoms with Gasteiger partial charge in [0, 0.05) is 13.1 Å². The van der Waals surface area contributed by atoms with Gasteiger partial charge < -0.3 is 39.9 Å². The highest BCUT2D eigenvalue weighted by Crippen LogP contribution is 2.43. The number of nitrogens with zero attached hydrogens (tertiary/aromatic N) is 4. The largest absolute Gasteiger partial charge is 0.453 e. The van der Waals surface area contributed by atoms with Crippen LogP contribution in [0.5, 0.6) is 0 Å². The van der Waals surface area contributed by atoms with Crippen molar-refractivity contribution < 1.29 is 28.7 Å². The van der Waals surface area contributed by atoms with E-state index in [1.54, 1.807) is 0 Å². The van der Waals surface area contributed by atoms with Crippen molar-refractivity contribution in [3.8, 4) is 33.6 Å². The number of aromatic nitrogens is 4. The van der Waals surface area contributed by atoms with Gasteiger partial charge in [-0.05, 0) is 116 Å². The van der Waals surface area contributed by atoms with Crippen LogP contribution in [0.2, 0.25) is 0 Å². The number of benzene rings is 2. The SMILES string of the molecule is COC(=O)NC1(C(=O)N2CCC[C@@H]2c2ncc(-c3ccc4c(c3)Cc3cc(-c5cnc([C@H]6CCCN6C(=O)C6(NC(=O)OC)CCC6)[nH]5)ccc3-4)[nH]2)CCC1. The lowest BCUT2D eigenvalue weighted by Gasteiger charge is -2.43. The van der Waals surface area contributed by atoms with E-state index in [1.807, 2.05) is 22.2 Å². The van der Waals surface area contributed by atoms with E-state index in [2.05, 4.69) is 57.0 Å². The van der Waals surface area contributed by atoms with Gasteiger partial charge in [0.15, 0.2) is 0 Å². The van der Waals surface area contributed by atoms with E-state index in [1.165, 1.54) is 36.5 Å². The second-order valence-corrected chi connectivity index (χ2v) is 15.7. The summed E-state index contributed by atoms with van der Waals surface area (Å²) in [6.45, 7) is 1.25. The minimum absolute atomic E-state index is 0.0619. The summed E-state index contributed by atoms with van der Waals surface area (Å²) >= 11 is 0. The van der Waals surface area contributed by atoms with E-state index in [9.17, 15) is 19.2 Å². The Balaban J connectivity index is 0.892. The van der Waals surface area contributed by atoms with E-state index >= 15 is 0 Å². The minimum Gasteiger partial charge on any atom is -0.453 e. The molecule has 0 bridgehead atoms. The molecular formula is C41H46N8O6. The van der Waals surface area contributed by atoms with E-state index < -0.39 is 23.3 Å². The molecule has 2 aliphatic heterocycles. The topological polar surface area (TPSA) is 175 Å². The molecule has 0 radical (unpaired) electrons. The van der Waals surface area contributed by atoms with Crippen LogP contribution in [0, 0.1) is 0 Å². The fourth-order valence-corrected chi connectivity index (χ4v) is 9.33. The first kappa shape index (κ1) is 35.1. The fraction of sp³-hybridized carbons (Fsp3) is 0.463. The number of alkyl carbamates (subject to hydrolysis) is 2. The molecule has 5 aliphatic rings. The van der Waals surface area contributed by atoms with Crippen LogP contribution in [-0.4, -0.2) is 92.1 Å². The zero-order valence-electron chi connectivity index (χ0n) is 31.2. The van der Waals surface area contributed by atoms with Crippen molar-refractivity contribution in [2.45, 2.75) is 93.8 Å². The third-order valence-corrected chi connectivity index (χ3v) is 12.6. The van der Waals surface area contributed by atoms with Crippen molar-refractivity contribution in [2.24, 2.45) is 0 Å². The molecule has 286 valence electrons. The Bertz CT molecular complexity index is 2030. The quantitative estimate of drug-likeness (QED) is 0.151. The van der Waals surface area contributed by atoms with Gasteiger partial charge in [-0.25, -0.2) is 19.6 Å². The van der Waals surface area contributed by atoms with Crippen molar-refractivity contribution in [1.29, 1.82) is 0 Å². The molecule has 4 N–H and O–H groups in total. The Morgan fingerprint density at radius 3 is 1.49 bits per heavy atom. The molecule has 2 saturated heterocycles. The van der Waals surface area contributed by atoms with Crippen LogP contribution in [-0.2, 0) is 25.5 Å². The number of rotatable bonds is 8. The molecule has 4 fully saturated rings. The number of carbonyl (C=O) groups is 4. The Hall–Kier alpha value is -5.66. The first-order chi connectivity index (χ1) is 26.7. The van der Waals surface area contributed by atoms with Gasteiger partial charge in [0.05, 0.1) is 50.1 Å². The van der Waals surface area contributed by atoms with Gasteiger partial charge in [-0.3, -0.25) is 9.59 Å². The number of carbonyl (C=O) groups excluding carboxylic acids is 4. The maximum absolute atomic E-state index is 13.8. The average molecular weight is 747 g/mol. The van der Waals surface area contributed by atoms with Crippen molar-refractivity contribution in [2.75, 3.05) is 27.3 Å². The summed E-state index contributed by atoms with van der Waals surface area (Å²) in [7, 11) is 2.63.